The summed E-state index contributed by atoms with van der Waals surface area (Å²) in [4.78, 5) is 0. The summed E-state index contributed by atoms with van der Waals surface area (Å²) in [6, 6.07) is 16.7. The molecule has 0 aliphatic heterocycles. The summed E-state index contributed by atoms with van der Waals surface area (Å²) in [6.07, 6.45) is 0. The predicted molar refractivity (Wildman–Crippen MR) is 83.9 cm³/mol. The minimum Gasteiger partial charge on any atom is -0.380 e. The number of nitrogens with one attached hydrogen (secondary N) is 1. The Morgan fingerprint density at radius 1 is 1.10 bits per heavy atom. The van der Waals surface area contributed by atoms with Crippen LogP contribution in [0.5, 0.6) is 0 Å². The van der Waals surface area contributed by atoms with Crippen molar-refractivity contribution in [1.29, 1.82) is 0 Å². The lowest BCUT2D eigenvalue weighted by molar-refractivity contribution is 0.185. The number of ether oxygens (including phenoxy) is 1. The molecule has 0 aliphatic rings. The fourth-order valence-corrected chi connectivity index (χ4v) is 2.26. The van der Waals surface area contributed by atoms with Crippen molar-refractivity contribution in [1.82, 2.24) is 5.32 Å². The van der Waals surface area contributed by atoms with E-state index in [1.807, 2.05) is 12.1 Å². The van der Waals surface area contributed by atoms with E-state index in [1.165, 1.54) is 16.7 Å². The maximum absolute atomic E-state index is 5.90. The molecule has 1 N–H and O–H groups in total. The quantitative estimate of drug-likeness (QED) is 0.854. The molecule has 0 saturated carbocycles. The van der Waals surface area contributed by atoms with E-state index >= 15 is 0 Å². The molecule has 2 aromatic carbocycles. The number of hydrogen-bond acceptors (Lipinski definition) is 2. The Labute approximate surface area is 125 Å². The molecule has 0 fully saturated rings. The van der Waals surface area contributed by atoms with Crippen molar-refractivity contribution in [3.05, 3.63) is 70.2 Å². The lowest BCUT2D eigenvalue weighted by Crippen LogP contribution is -2.18. The highest BCUT2D eigenvalue weighted by Gasteiger charge is 2.05. The molecule has 0 radical (unpaired) electrons. The van der Waals surface area contributed by atoms with Gasteiger partial charge in [0.05, 0.1) is 6.61 Å². The lowest BCUT2D eigenvalue weighted by atomic mass is 10.1. The van der Waals surface area contributed by atoms with Gasteiger partial charge in [0.15, 0.2) is 0 Å². The van der Waals surface area contributed by atoms with E-state index in [1.54, 1.807) is 7.11 Å². The number of benzene rings is 2. The highest BCUT2D eigenvalue weighted by molar-refractivity contribution is 6.30. The second kappa shape index (κ2) is 7.44. The zero-order valence-corrected chi connectivity index (χ0v) is 12.7. The van der Waals surface area contributed by atoms with Gasteiger partial charge in [-0.2, -0.15) is 0 Å². The summed E-state index contributed by atoms with van der Waals surface area (Å²) >= 11 is 5.90. The smallest absolute Gasteiger partial charge is 0.0713 e. The highest BCUT2D eigenvalue weighted by atomic mass is 35.5. The van der Waals surface area contributed by atoms with Crippen LogP contribution in [0.1, 0.15) is 29.7 Å². The SMILES string of the molecule is COCc1cccc(CN[C@@H](C)c2ccc(Cl)cc2)c1. The van der Waals surface area contributed by atoms with Gasteiger partial charge in [0.1, 0.15) is 0 Å². The van der Waals surface area contributed by atoms with Gasteiger partial charge in [-0.25, -0.2) is 0 Å². The van der Waals surface area contributed by atoms with Crippen LogP contribution in [0.25, 0.3) is 0 Å². The van der Waals surface area contributed by atoms with Gasteiger partial charge in [0.25, 0.3) is 0 Å². The summed E-state index contributed by atoms with van der Waals surface area (Å²) in [6.45, 7) is 3.64. The lowest BCUT2D eigenvalue weighted by Gasteiger charge is -2.15. The molecule has 2 aromatic rings. The maximum atomic E-state index is 5.90. The van der Waals surface area contributed by atoms with Crippen LogP contribution in [0, 0.1) is 0 Å². The molecule has 106 valence electrons. The molecule has 2 nitrogen and oxygen atoms in total. The molecule has 2 rings (SSSR count). The van der Waals surface area contributed by atoms with Crippen molar-refractivity contribution in [2.45, 2.75) is 26.1 Å². The highest BCUT2D eigenvalue weighted by Crippen LogP contribution is 2.16. The van der Waals surface area contributed by atoms with Gasteiger partial charge >= 0.3 is 0 Å². The van der Waals surface area contributed by atoms with Gasteiger partial charge in [0.2, 0.25) is 0 Å². The Balaban J connectivity index is 1.94. The first kappa shape index (κ1) is 15.0. The van der Waals surface area contributed by atoms with Crippen LogP contribution < -0.4 is 5.32 Å². The molecule has 20 heavy (non-hydrogen) atoms. The molecule has 0 aliphatic carbocycles. The van der Waals surface area contributed by atoms with E-state index in [9.17, 15) is 0 Å². The van der Waals surface area contributed by atoms with E-state index in [0.717, 1.165) is 11.6 Å². The molecule has 0 aromatic heterocycles. The molecule has 0 spiro atoms. The van der Waals surface area contributed by atoms with Crippen molar-refractivity contribution >= 4 is 11.6 Å². The van der Waals surface area contributed by atoms with E-state index < -0.39 is 0 Å². The number of methoxy groups -OCH3 is 1. The fourth-order valence-electron chi connectivity index (χ4n) is 2.14. The Bertz CT molecular complexity index is 539. The van der Waals surface area contributed by atoms with Gasteiger partial charge in [-0.3, -0.25) is 0 Å². The molecule has 0 heterocycles. The third-order valence-electron chi connectivity index (χ3n) is 3.28. The molecular weight excluding hydrogens is 270 g/mol. The predicted octanol–water partition coefficient (Wildman–Crippen LogP) is 4.34. The maximum Gasteiger partial charge on any atom is 0.0713 e. The summed E-state index contributed by atoms with van der Waals surface area (Å²) in [5.74, 6) is 0. The van der Waals surface area contributed by atoms with Crippen LogP contribution in [0.2, 0.25) is 5.02 Å². The first-order valence-electron chi connectivity index (χ1n) is 6.74. The van der Waals surface area contributed by atoms with Crippen molar-refractivity contribution in [3.63, 3.8) is 0 Å². The molecule has 0 bridgehead atoms. The van der Waals surface area contributed by atoms with Gasteiger partial charge in [-0.1, -0.05) is 48.0 Å². The Hall–Kier alpha value is -1.35. The van der Waals surface area contributed by atoms with E-state index in [2.05, 4.69) is 48.6 Å². The third kappa shape index (κ3) is 4.34. The number of rotatable bonds is 6. The summed E-state index contributed by atoms with van der Waals surface area (Å²) in [7, 11) is 1.72. The van der Waals surface area contributed by atoms with Crippen LogP contribution in [0.3, 0.4) is 0 Å². The summed E-state index contributed by atoms with van der Waals surface area (Å²) in [5, 5.41) is 4.29. The molecule has 1 atom stereocenters. The second-order valence-corrected chi connectivity index (χ2v) is 5.34. The largest absolute Gasteiger partial charge is 0.380 e. The monoisotopic (exact) mass is 289 g/mol. The zero-order valence-electron chi connectivity index (χ0n) is 11.9. The Morgan fingerprint density at radius 3 is 2.50 bits per heavy atom. The molecule has 3 heteroatoms. The minimum atomic E-state index is 0.290. The van der Waals surface area contributed by atoms with Crippen LogP contribution in [0.15, 0.2) is 48.5 Å². The number of halogens is 1. The average molecular weight is 290 g/mol. The van der Waals surface area contributed by atoms with Gasteiger partial charge in [-0.15, -0.1) is 0 Å². The first-order valence-corrected chi connectivity index (χ1v) is 7.12. The Kier molecular flexibility index (Phi) is 5.60. The van der Waals surface area contributed by atoms with E-state index in [-0.39, 0.29) is 0 Å². The molecule has 0 amide bonds. The normalized spacial score (nSPS) is 12.3. The Morgan fingerprint density at radius 2 is 1.80 bits per heavy atom. The van der Waals surface area contributed by atoms with Crippen LogP contribution in [-0.4, -0.2) is 7.11 Å². The van der Waals surface area contributed by atoms with Gasteiger partial charge in [-0.05, 0) is 35.7 Å². The number of hydrogen-bond donors (Lipinski definition) is 1. The summed E-state index contributed by atoms with van der Waals surface area (Å²) < 4.78 is 5.16. The van der Waals surface area contributed by atoms with Gasteiger partial charge < -0.3 is 10.1 Å². The van der Waals surface area contributed by atoms with E-state index in [0.29, 0.717) is 12.6 Å². The van der Waals surface area contributed by atoms with Crippen molar-refractivity contribution in [3.8, 4) is 0 Å². The van der Waals surface area contributed by atoms with Crippen molar-refractivity contribution < 1.29 is 4.74 Å². The van der Waals surface area contributed by atoms with Crippen molar-refractivity contribution in [2.75, 3.05) is 7.11 Å². The van der Waals surface area contributed by atoms with E-state index in [4.69, 9.17) is 16.3 Å². The van der Waals surface area contributed by atoms with Crippen molar-refractivity contribution in [2.24, 2.45) is 0 Å². The standard InChI is InChI=1S/C17H20ClNO/c1-13(16-6-8-17(18)9-7-16)19-11-14-4-3-5-15(10-14)12-20-2/h3-10,13,19H,11-12H2,1-2H3/t13-/m0/s1. The summed E-state index contributed by atoms with van der Waals surface area (Å²) in [5.41, 5.74) is 3.70. The molecule has 0 saturated heterocycles. The zero-order chi connectivity index (χ0) is 14.4. The van der Waals surface area contributed by atoms with Crippen LogP contribution in [0.4, 0.5) is 0 Å². The second-order valence-electron chi connectivity index (χ2n) is 4.91. The minimum absolute atomic E-state index is 0.290. The molecular formula is C17H20ClNO. The molecule has 0 unspecified atom stereocenters. The third-order valence-corrected chi connectivity index (χ3v) is 3.54. The fraction of sp³-hybridized carbons (Fsp3) is 0.294. The van der Waals surface area contributed by atoms with Crippen LogP contribution in [-0.2, 0) is 17.9 Å². The van der Waals surface area contributed by atoms with Gasteiger partial charge in [0, 0.05) is 24.7 Å². The average Bonchev–Trinajstić information content (AvgIpc) is 2.46. The topological polar surface area (TPSA) is 21.3 Å². The first-order chi connectivity index (χ1) is 9.69. The van der Waals surface area contributed by atoms with Crippen LogP contribution >= 0.6 is 11.6 Å².